The summed E-state index contributed by atoms with van der Waals surface area (Å²) in [5, 5.41) is 11.8. The van der Waals surface area contributed by atoms with Gasteiger partial charge in [0, 0.05) is 0 Å². The number of hydrogen-bond acceptors (Lipinski definition) is 3. The Morgan fingerprint density at radius 1 is 1.40 bits per heavy atom. The molecule has 0 aromatic carbocycles. The summed E-state index contributed by atoms with van der Waals surface area (Å²) in [7, 11) is 0. The first-order valence-electron chi connectivity index (χ1n) is 5.37. The lowest BCUT2D eigenvalue weighted by Gasteiger charge is -2.29. The number of aliphatic hydroxyl groups is 1. The van der Waals surface area contributed by atoms with Crippen LogP contribution in [0.25, 0.3) is 0 Å². The molecule has 0 saturated heterocycles. The molecule has 0 aliphatic rings. The van der Waals surface area contributed by atoms with Crippen molar-refractivity contribution in [1.29, 1.82) is 0 Å². The first-order valence-corrected chi connectivity index (χ1v) is 5.37. The number of amides is 1. The molecule has 0 aromatic rings. The molecule has 0 bridgehead atoms. The molecular formula is C11H24N2O2. The third-order valence-corrected chi connectivity index (χ3v) is 2.54. The Labute approximate surface area is 92.2 Å². The first-order chi connectivity index (χ1) is 6.70. The van der Waals surface area contributed by atoms with Gasteiger partial charge < -0.3 is 16.2 Å². The van der Waals surface area contributed by atoms with Crippen molar-refractivity contribution in [2.75, 3.05) is 6.61 Å². The number of hydrogen-bond donors (Lipinski definition) is 3. The van der Waals surface area contributed by atoms with Gasteiger partial charge in [-0.2, -0.15) is 0 Å². The van der Waals surface area contributed by atoms with Crippen molar-refractivity contribution in [3.05, 3.63) is 0 Å². The molecule has 90 valence electrons. The van der Waals surface area contributed by atoms with Gasteiger partial charge in [0.05, 0.1) is 18.7 Å². The van der Waals surface area contributed by atoms with Crippen LogP contribution in [0.15, 0.2) is 0 Å². The van der Waals surface area contributed by atoms with E-state index in [1.54, 1.807) is 0 Å². The van der Waals surface area contributed by atoms with E-state index in [2.05, 4.69) is 5.32 Å². The maximum atomic E-state index is 11.7. The van der Waals surface area contributed by atoms with Gasteiger partial charge in [0.2, 0.25) is 5.91 Å². The topological polar surface area (TPSA) is 75.3 Å². The summed E-state index contributed by atoms with van der Waals surface area (Å²) in [6.45, 7) is 9.59. The molecule has 0 spiro atoms. The zero-order valence-corrected chi connectivity index (χ0v) is 10.4. The molecule has 4 heteroatoms. The van der Waals surface area contributed by atoms with Crippen molar-refractivity contribution >= 4 is 5.91 Å². The molecule has 0 radical (unpaired) electrons. The molecule has 0 rings (SSSR count). The highest BCUT2D eigenvalue weighted by atomic mass is 16.3. The van der Waals surface area contributed by atoms with Crippen LogP contribution in [0.4, 0.5) is 0 Å². The van der Waals surface area contributed by atoms with Crippen LogP contribution in [-0.2, 0) is 4.79 Å². The zero-order chi connectivity index (χ0) is 12.2. The van der Waals surface area contributed by atoms with E-state index in [0.29, 0.717) is 0 Å². The largest absolute Gasteiger partial charge is 0.394 e. The second-order valence-electron chi connectivity index (χ2n) is 5.39. The SMILES string of the molecule is CC(C)C(CO)NC(=O)C(N)C(C)(C)C. The molecule has 0 fully saturated rings. The third-order valence-electron chi connectivity index (χ3n) is 2.54. The third kappa shape index (κ3) is 4.62. The number of aliphatic hydroxyl groups excluding tert-OH is 1. The summed E-state index contributed by atoms with van der Waals surface area (Å²) in [6, 6.07) is -0.767. The van der Waals surface area contributed by atoms with Crippen LogP contribution in [0, 0.1) is 11.3 Å². The standard InChI is InChI=1S/C11H24N2O2/c1-7(2)8(6-14)13-10(15)9(12)11(3,4)5/h7-9,14H,6,12H2,1-5H3,(H,13,15). The van der Waals surface area contributed by atoms with Crippen molar-refractivity contribution in [3.63, 3.8) is 0 Å². The Morgan fingerprint density at radius 2 is 1.87 bits per heavy atom. The van der Waals surface area contributed by atoms with Crippen molar-refractivity contribution in [2.45, 2.75) is 46.7 Å². The fourth-order valence-electron chi connectivity index (χ4n) is 1.09. The summed E-state index contributed by atoms with van der Waals surface area (Å²) in [5.41, 5.74) is 5.54. The van der Waals surface area contributed by atoms with Crippen LogP contribution in [0.1, 0.15) is 34.6 Å². The monoisotopic (exact) mass is 216 g/mol. The maximum absolute atomic E-state index is 11.7. The summed E-state index contributed by atoms with van der Waals surface area (Å²) >= 11 is 0. The smallest absolute Gasteiger partial charge is 0.237 e. The highest BCUT2D eigenvalue weighted by Gasteiger charge is 2.29. The van der Waals surface area contributed by atoms with Crippen LogP contribution in [0.3, 0.4) is 0 Å². The molecule has 0 heterocycles. The molecular weight excluding hydrogens is 192 g/mol. The predicted octanol–water partition coefficient (Wildman–Crippen LogP) is 0.493. The number of nitrogens with one attached hydrogen (secondary N) is 1. The molecule has 1 amide bonds. The lowest BCUT2D eigenvalue weighted by Crippen LogP contribution is -2.53. The van der Waals surface area contributed by atoms with Gasteiger partial charge in [-0.1, -0.05) is 34.6 Å². The summed E-state index contributed by atoms with van der Waals surface area (Å²) in [6.07, 6.45) is 0. The number of carbonyl (C=O) groups excluding carboxylic acids is 1. The highest BCUT2D eigenvalue weighted by molar-refractivity contribution is 5.82. The van der Waals surface area contributed by atoms with Crippen LogP contribution < -0.4 is 11.1 Å². The quantitative estimate of drug-likeness (QED) is 0.640. The van der Waals surface area contributed by atoms with E-state index in [-0.39, 0.29) is 29.9 Å². The fourth-order valence-corrected chi connectivity index (χ4v) is 1.09. The van der Waals surface area contributed by atoms with Gasteiger partial charge in [-0.25, -0.2) is 0 Å². The average Bonchev–Trinajstić information content (AvgIpc) is 2.10. The Kier molecular flexibility index (Phi) is 5.24. The molecule has 0 saturated carbocycles. The van der Waals surface area contributed by atoms with E-state index in [0.717, 1.165) is 0 Å². The van der Waals surface area contributed by atoms with Gasteiger partial charge in [0.25, 0.3) is 0 Å². The van der Waals surface area contributed by atoms with Crippen LogP contribution >= 0.6 is 0 Å². The van der Waals surface area contributed by atoms with Gasteiger partial charge in [0.15, 0.2) is 0 Å². The molecule has 0 aliphatic carbocycles. The second-order valence-corrected chi connectivity index (χ2v) is 5.39. The van der Waals surface area contributed by atoms with Gasteiger partial charge >= 0.3 is 0 Å². The summed E-state index contributed by atoms with van der Waals surface area (Å²) in [5.74, 6) is 0.00127. The lowest BCUT2D eigenvalue weighted by molar-refractivity contribution is -0.125. The van der Waals surface area contributed by atoms with Crippen molar-refractivity contribution in [1.82, 2.24) is 5.32 Å². The average molecular weight is 216 g/mol. The predicted molar refractivity (Wildman–Crippen MR) is 61.3 cm³/mol. The highest BCUT2D eigenvalue weighted by Crippen LogP contribution is 2.17. The minimum atomic E-state index is -0.551. The van der Waals surface area contributed by atoms with E-state index in [1.807, 2.05) is 34.6 Å². The molecule has 0 aliphatic heterocycles. The van der Waals surface area contributed by atoms with Gasteiger partial charge in [-0.05, 0) is 11.3 Å². The van der Waals surface area contributed by atoms with Gasteiger partial charge in [-0.3, -0.25) is 4.79 Å². The number of carbonyl (C=O) groups is 1. The van der Waals surface area contributed by atoms with E-state index in [1.165, 1.54) is 0 Å². The Balaban J connectivity index is 4.36. The fraction of sp³-hybridized carbons (Fsp3) is 0.909. The summed E-state index contributed by atoms with van der Waals surface area (Å²) in [4.78, 5) is 11.7. The lowest BCUT2D eigenvalue weighted by atomic mass is 9.86. The van der Waals surface area contributed by atoms with E-state index < -0.39 is 6.04 Å². The van der Waals surface area contributed by atoms with Gasteiger partial charge in [0.1, 0.15) is 0 Å². The molecule has 4 nitrogen and oxygen atoms in total. The molecule has 4 N–H and O–H groups in total. The Bertz CT molecular complexity index is 209. The maximum Gasteiger partial charge on any atom is 0.237 e. The van der Waals surface area contributed by atoms with E-state index in [9.17, 15) is 4.79 Å². The molecule has 2 atom stereocenters. The number of nitrogens with two attached hydrogens (primary N) is 1. The number of rotatable bonds is 4. The Morgan fingerprint density at radius 3 is 2.13 bits per heavy atom. The molecule has 15 heavy (non-hydrogen) atoms. The molecule has 0 aromatic heterocycles. The van der Waals surface area contributed by atoms with Crippen LogP contribution in [0.5, 0.6) is 0 Å². The van der Waals surface area contributed by atoms with Crippen LogP contribution in [-0.4, -0.2) is 29.7 Å². The van der Waals surface area contributed by atoms with Crippen molar-refractivity contribution in [3.8, 4) is 0 Å². The Hall–Kier alpha value is -0.610. The van der Waals surface area contributed by atoms with E-state index >= 15 is 0 Å². The second kappa shape index (κ2) is 5.47. The van der Waals surface area contributed by atoms with Crippen molar-refractivity contribution in [2.24, 2.45) is 17.1 Å². The van der Waals surface area contributed by atoms with Gasteiger partial charge in [-0.15, -0.1) is 0 Å². The normalized spacial score (nSPS) is 16.3. The van der Waals surface area contributed by atoms with E-state index in [4.69, 9.17) is 10.8 Å². The summed E-state index contributed by atoms with van der Waals surface area (Å²) < 4.78 is 0. The van der Waals surface area contributed by atoms with Crippen LogP contribution in [0.2, 0.25) is 0 Å². The van der Waals surface area contributed by atoms with Crippen molar-refractivity contribution < 1.29 is 9.90 Å². The molecule has 2 unspecified atom stereocenters. The zero-order valence-electron chi connectivity index (χ0n) is 10.4. The minimum absolute atomic E-state index is 0.0553. The minimum Gasteiger partial charge on any atom is -0.394 e. The first kappa shape index (κ1) is 14.4.